The third-order valence-corrected chi connectivity index (χ3v) is 13.2. The van der Waals surface area contributed by atoms with Crippen LogP contribution >= 0.6 is 0 Å². The molecule has 0 radical (unpaired) electrons. The number of hydrogen-bond acceptors (Lipinski definition) is 11. The largest absolute Gasteiger partial charge is 0.493 e. The van der Waals surface area contributed by atoms with Crippen LogP contribution in [0.25, 0.3) is 22.3 Å². The van der Waals surface area contributed by atoms with Gasteiger partial charge >= 0.3 is 0 Å². The van der Waals surface area contributed by atoms with Crippen LogP contribution in [0.15, 0.2) is 78.3 Å². The van der Waals surface area contributed by atoms with Gasteiger partial charge in [-0.05, 0) is 80.3 Å². The Morgan fingerprint density at radius 2 is 1.67 bits per heavy atom. The molecule has 0 spiro atoms. The lowest BCUT2D eigenvalue weighted by molar-refractivity contribution is -0.143. The molecule has 3 atom stereocenters. The van der Waals surface area contributed by atoms with E-state index < -0.39 is 11.9 Å². The first-order valence-electron chi connectivity index (χ1n) is 22.0. The minimum Gasteiger partial charge on any atom is -0.493 e. The lowest BCUT2D eigenvalue weighted by Crippen LogP contribution is -2.55. The summed E-state index contributed by atoms with van der Waals surface area (Å²) in [6.45, 7) is 1.47. The van der Waals surface area contributed by atoms with Crippen molar-refractivity contribution in [3.05, 3.63) is 89.9 Å². The number of nitrogens with zero attached hydrogens (tertiary/aromatic N) is 5. The van der Waals surface area contributed by atoms with Gasteiger partial charge in [0.25, 0.3) is 5.91 Å². The Bertz CT molecular complexity index is 2570. The van der Waals surface area contributed by atoms with Crippen molar-refractivity contribution < 1.29 is 38.1 Å². The molecule has 0 unspecified atom stereocenters. The first-order chi connectivity index (χ1) is 30.9. The molecule has 5 aliphatic rings. The second-order valence-electron chi connectivity index (χ2n) is 17.1. The number of carbonyl (C=O) groups is 3. The standard InChI is InChI=1S/C48H51N7O8/c1-59-36-15-14-30(23-39(36)60-2)41-32-10-6-7-11-33(32)47(57)55(53-41)31-18-20-54(21-19-31)48(58)35(22-28-8-4-3-5-9-28)52-46(56)34-24-49-44-42(34)50-26-51-43(44)40-37(61-25-29-12-13-29)16-17-38-45(40)63-27-62-38/h3-5,8-9,14-17,23-24,26,29,31-33,35,49H,6-7,10-13,18-22,25,27H2,1-2H3,(H,52,56)/t32-,33+,35+/m0/s1. The first-order valence-corrected chi connectivity index (χ1v) is 22.0. The molecule has 5 aromatic rings. The molecule has 3 aromatic carbocycles. The average Bonchev–Trinajstić information content (AvgIpc) is 3.85. The van der Waals surface area contributed by atoms with Crippen molar-refractivity contribution in [1.29, 1.82) is 0 Å². The van der Waals surface area contributed by atoms with Gasteiger partial charge in [-0.1, -0.05) is 43.2 Å². The summed E-state index contributed by atoms with van der Waals surface area (Å²) in [6.07, 6.45) is 10.5. The summed E-state index contributed by atoms with van der Waals surface area (Å²) in [7, 11) is 3.23. The highest BCUT2D eigenvalue weighted by Gasteiger charge is 2.44. The molecule has 10 rings (SSSR count). The molecule has 2 aliphatic carbocycles. The molecule has 2 saturated carbocycles. The number of hydrazone groups is 1. The molecule has 15 heteroatoms. The predicted octanol–water partition coefficient (Wildman–Crippen LogP) is 6.54. The normalized spacial score (nSPS) is 20.2. The summed E-state index contributed by atoms with van der Waals surface area (Å²) in [6, 6.07) is 18.1. The number of H-pyrrole nitrogens is 1. The number of fused-ring (bicyclic) bond motifs is 3. The Morgan fingerprint density at radius 1 is 0.889 bits per heavy atom. The fourth-order valence-corrected chi connectivity index (χ4v) is 9.62. The highest BCUT2D eigenvalue weighted by molar-refractivity contribution is 6.09. The monoisotopic (exact) mass is 853 g/mol. The van der Waals surface area contributed by atoms with Crippen molar-refractivity contribution in [2.24, 2.45) is 22.9 Å². The maximum atomic E-state index is 14.6. The van der Waals surface area contributed by atoms with Crippen molar-refractivity contribution in [3.8, 4) is 40.0 Å². The zero-order valence-corrected chi connectivity index (χ0v) is 35.5. The summed E-state index contributed by atoms with van der Waals surface area (Å²) >= 11 is 0. The molecule has 63 heavy (non-hydrogen) atoms. The van der Waals surface area contributed by atoms with Gasteiger partial charge in [0.1, 0.15) is 29.3 Å². The molecule has 3 fully saturated rings. The minimum absolute atomic E-state index is 0.0333. The van der Waals surface area contributed by atoms with E-state index in [-0.39, 0.29) is 48.5 Å². The molecule has 5 heterocycles. The van der Waals surface area contributed by atoms with Gasteiger partial charge in [-0.3, -0.25) is 14.4 Å². The quantitative estimate of drug-likeness (QED) is 0.133. The number of aromatic amines is 1. The fourth-order valence-electron chi connectivity index (χ4n) is 9.62. The minimum atomic E-state index is -0.873. The van der Waals surface area contributed by atoms with Crippen LogP contribution in [0.2, 0.25) is 0 Å². The number of hydrogen-bond donors (Lipinski definition) is 2. The molecule has 1 saturated heterocycles. The summed E-state index contributed by atoms with van der Waals surface area (Å²) in [5.74, 6) is 2.80. The summed E-state index contributed by atoms with van der Waals surface area (Å²) in [5.41, 5.74) is 5.06. The number of amides is 3. The van der Waals surface area contributed by atoms with Crippen LogP contribution < -0.4 is 29.0 Å². The first kappa shape index (κ1) is 40.4. The molecule has 2 aromatic heterocycles. The van der Waals surface area contributed by atoms with E-state index in [4.69, 9.17) is 28.8 Å². The number of piperidine rings is 1. The Kier molecular flexibility index (Phi) is 11.1. The number of ether oxygens (including phenoxy) is 5. The van der Waals surface area contributed by atoms with Crippen molar-refractivity contribution in [2.45, 2.75) is 69.9 Å². The lowest BCUT2D eigenvalue weighted by Gasteiger charge is -2.43. The highest BCUT2D eigenvalue weighted by atomic mass is 16.7. The maximum absolute atomic E-state index is 14.6. The van der Waals surface area contributed by atoms with E-state index in [9.17, 15) is 14.4 Å². The van der Waals surface area contributed by atoms with E-state index in [0.717, 1.165) is 55.4 Å². The van der Waals surface area contributed by atoms with Crippen molar-refractivity contribution >= 4 is 34.5 Å². The van der Waals surface area contributed by atoms with E-state index in [0.29, 0.717) is 89.5 Å². The van der Waals surface area contributed by atoms with Crippen LogP contribution in [0.4, 0.5) is 0 Å². The number of benzene rings is 3. The van der Waals surface area contributed by atoms with Gasteiger partial charge in [0, 0.05) is 43.1 Å². The Balaban J connectivity index is 0.888. The Labute approximate surface area is 365 Å². The maximum Gasteiger partial charge on any atom is 0.255 e. The molecule has 326 valence electrons. The Hall–Kier alpha value is -6.64. The number of likely N-dealkylation sites (tertiary alicyclic amines) is 1. The summed E-state index contributed by atoms with van der Waals surface area (Å²) in [4.78, 5) is 57.3. The fraction of sp³-hybridized carbons (Fsp3) is 0.417. The highest BCUT2D eigenvalue weighted by Crippen LogP contribution is 2.48. The molecule has 2 N–H and O–H groups in total. The second-order valence-corrected chi connectivity index (χ2v) is 17.1. The number of nitrogens with one attached hydrogen (secondary N) is 2. The van der Waals surface area contributed by atoms with E-state index in [1.807, 2.05) is 60.7 Å². The van der Waals surface area contributed by atoms with Crippen LogP contribution in [0, 0.1) is 17.8 Å². The van der Waals surface area contributed by atoms with Crippen LogP contribution in [0.5, 0.6) is 28.7 Å². The van der Waals surface area contributed by atoms with Gasteiger partial charge in [-0.15, -0.1) is 0 Å². The number of carbonyl (C=O) groups excluding carboxylic acids is 3. The molecule has 3 amide bonds. The molecule has 0 bridgehead atoms. The zero-order valence-electron chi connectivity index (χ0n) is 35.5. The van der Waals surface area contributed by atoms with Crippen LogP contribution in [0.1, 0.15) is 72.9 Å². The second kappa shape index (κ2) is 17.3. The molecule has 3 aliphatic heterocycles. The number of methoxy groups -OCH3 is 2. The lowest BCUT2D eigenvalue weighted by atomic mass is 9.73. The number of aromatic nitrogens is 3. The third-order valence-electron chi connectivity index (χ3n) is 13.2. The summed E-state index contributed by atoms with van der Waals surface area (Å²) in [5, 5.41) is 9.89. The molecule has 15 nitrogen and oxygen atoms in total. The van der Waals surface area contributed by atoms with E-state index in [1.165, 1.54) is 6.33 Å². The number of rotatable bonds is 13. The zero-order chi connectivity index (χ0) is 43.0. The van der Waals surface area contributed by atoms with Gasteiger partial charge in [-0.25, -0.2) is 15.0 Å². The topological polar surface area (TPSA) is 170 Å². The third kappa shape index (κ3) is 7.89. The van der Waals surface area contributed by atoms with Crippen LogP contribution in [0.3, 0.4) is 0 Å². The van der Waals surface area contributed by atoms with E-state index in [2.05, 4.69) is 20.3 Å². The van der Waals surface area contributed by atoms with E-state index >= 15 is 0 Å². The molecular weight excluding hydrogens is 803 g/mol. The SMILES string of the molecule is COc1ccc(C2=NN(C3CCN(C(=O)[C@@H](Cc4ccccc4)NC(=O)c4c[nH]c5c(-c6c(OCC7CC7)ccc7c6OCO7)ncnc45)CC3)C(=O)[C@@H]3CCCC[C@H]23)cc1OC. The smallest absolute Gasteiger partial charge is 0.255 e. The van der Waals surface area contributed by atoms with Gasteiger partial charge in [0.15, 0.2) is 23.0 Å². The molecular formula is C48H51N7O8. The average molecular weight is 854 g/mol. The van der Waals surface area contributed by atoms with Crippen LogP contribution in [-0.2, 0) is 16.0 Å². The van der Waals surface area contributed by atoms with Gasteiger partial charge in [0.2, 0.25) is 18.6 Å². The Morgan fingerprint density at radius 3 is 2.44 bits per heavy atom. The van der Waals surface area contributed by atoms with Crippen molar-refractivity contribution in [3.63, 3.8) is 0 Å². The van der Waals surface area contributed by atoms with E-state index in [1.54, 1.807) is 30.3 Å². The van der Waals surface area contributed by atoms with Crippen molar-refractivity contribution in [2.75, 3.05) is 40.7 Å². The van der Waals surface area contributed by atoms with Gasteiger partial charge in [-0.2, -0.15) is 5.10 Å². The van der Waals surface area contributed by atoms with Gasteiger partial charge in [0.05, 0.1) is 49.2 Å². The van der Waals surface area contributed by atoms with Gasteiger partial charge < -0.3 is 38.9 Å². The van der Waals surface area contributed by atoms with Crippen LogP contribution in [-0.4, -0.2) is 101 Å². The summed E-state index contributed by atoms with van der Waals surface area (Å²) < 4.78 is 29.0. The predicted molar refractivity (Wildman–Crippen MR) is 233 cm³/mol. The van der Waals surface area contributed by atoms with Crippen molar-refractivity contribution in [1.82, 2.24) is 30.2 Å².